The third kappa shape index (κ3) is 5.65. The van der Waals surface area contributed by atoms with Crippen LogP contribution in [0.2, 0.25) is 0 Å². The quantitative estimate of drug-likeness (QED) is 0.757. The van der Waals surface area contributed by atoms with E-state index in [1.807, 2.05) is 25.1 Å². The van der Waals surface area contributed by atoms with E-state index < -0.39 is 0 Å². The van der Waals surface area contributed by atoms with Gasteiger partial charge in [0.15, 0.2) is 0 Å². The molecule has 0 saturated heterocycles. The minimum atomic E-state index is 0.0450. The van der Waals surface area contributed by atoms with Gasteiger partial charge in [0.05, 0.1) is 5.69 Å². The van der Waals surface area contributed by atoms with Crippen LogP contribution < -0.4 is 10.6 Å². The topological polar surface area (TPSA) is 41.1 Å². The second kappa shape index (κ2) is 8.27. The predicted molar refractivity (Wildman–Crippen MR) is 79.9 cm³/mol. The molecule has 0 fully saturated rings. The molecule has 0 aliphatic heterocycles. The molecule has 2 N–H and O–H groups in total. The summed E-state index contributed by atoms with van der Waals surface area (Å²) in [7, 11) is 0. The lowest BCUT2D eigenvalue weighted by Crippen LogP contribution is -2.22. The van der Waals surface area contributed by atoms with Crippen molar-refractivity contribution in [1.82, 2.24) is 5.32 Å². The molecule has 100 valence electrons. The number of aryl methyl sites for hydroxylation is 1. The second-order valence-electron chi connectivity index (χ2n) is 4.39. The summed E-state index contributed by atoms with van der Waals surface area (Å²) in [5.41, 5.74) is 2.00. The molecule has 0 bridgehead atoms. The molecule has 0 spiro atoms. The molecule has 0 radical (unpaired) electrons. The maximum absolute atomic E-state index is 11.7. The molecule has 0 aromatic heterocycles. The van der Waals surface area contributed by atoms with Crippen molar-refractivity contribution in [3.63, 3.8) is 0 Å². The van der Waals surface area contributed by atoms with E-state index in [9.17, 15) is 4.79 Å². The summed E-state index contributed by atoms with van der Waals surface area (Å²) < 4.78 is 0.926. The average Bonchev–Trinajstić information content (AvgIpc) is 2.32. The van der Waals surface area contributed by atoms with Crippen molar-refractivity contribution in [3.05, 3.63) is 28.2 Å². The van der Waals surface area contributed by atoms with Crippen molar-refractivity contribution >= 4 is 27.5 Å². The van der Waals surface area contributed by atoms with Crippen molar-refractivity contribution in [2.45, 2.75) is 33.1 Å². The molecule has 3 nitrogen and oxygen atoms in total. The Morgan fingerprint density at radius 3 is 2.78 bits per heavy atom. The minimum absolute atomic E-state index is 0.0450. The van der Waals surface area contributed by atoms with Gasteiger partial charge < -0.3 is 10.6 Å². The van der Waals surface area contributed by atoms with E-state index in [0.717, 1.165) is 29.7 Å². The summed E-state index contributed by atoms with van der Waals surface area (Å²) in [4.78, 5) is 11.7. The van der Waals surface area contributed by atoms with E-state index in [2.05, 4.69) is 33.5 Å². The van der Waals surface area contributed by atoms with Crippen molar-refractivity contribution in [3.8, 4) is 0 Å². The normalized spacial score (nSPS) is 10.4. The third-order valence-electron chi connectivity index (χ3n) is 2.63. The number of amides is 1. The Kier molecular flexibility index (Phi) is 6.98. The van der Waals surface area contributed by atoms with Gasteiger partial charge >= 0.3 is 0 Å². The first kappa shape index (κ1) is 15.2. The summed E-state index contributed by atoms with van der Waals surface area (Å²) in [5.74, 6) is 0.0450. The number of nitrogens with one attached hydrogen (secondary N) is 2. The fourth-order valence-electron chi connectivity index (χ4n) is 1.56. The zero-order valence-corrected chi connectivity index (χ0v) is 12.6. The van der Waals surface area contributed by atoms with E-state index in [-0.39, 0.29) is 5.91 Å². The molecule has 1 amide bonds. The van der Waals surface area contributed by atoms with Crippen LogP contribution in [0.5, 0.6) is 0 Å². The average molecular weight is 313 g/mol. The summed E-state index contributed by atoms with van der Waals surface area (Å²) in [6, 6.07) is 5.90. The Balaban J connectivity index is 2.31. The van der Waals surface area contributed by atoms with Gasteiger partial charge in [-0.15, -0.1) is 0 Å². The number of anilines is 1. The maximum Gasteiger partial charge on any atom is 0.225 e. The first-order chi connectivity index (χ1) is 8.63. The van der Waals surface area contributed by atoms with Crippen LogP contribution in [0.3, 0.4) is 0 Å². The molecule has 0 aliphatic rings. The highest BCUT2D eigenvalue weighted by Gasteiger charge is 2.05. The molecule has 0 atom stereocenters. The largest absolute Gasteiger partial charge is 0.325 e. The smallest absolute Gasteiger partial charge is 0.225 e. The predicted octanol–water partition coefficient (Wildman–Crippen LogP) is 3.48. The van der Waals surface area contributed by atoms with Crippen molar-refractivity contribution in [2.24, 2.45) is 0 Å². The number of carbonyl (C=O) groups excluding carboxylic acids is 1. The van der Waals surface area contributed by atoms with Crippen LogP contribution in [-0.4, -0.2) is 19.0 Å². The molecule has 0 unspecified atom stereocenters. The standard InChI is InChI=1S/C14H21BrN2O/c1-3-4-8-16-9-7-14(18)17-13-6-5-11(2)10-12(13)15/h5-6,10,16H,3-4,7-9H2,1-2H3,(H,17,18). The molecular formula is C14H21BrN2O. The van der Waals surface area contributed by atoms with Gasteiger partial charge in [0.25, 0.3) is 0 Å². The highest BCUT2D eigenvalue weighted by Crippen LogP contribution is 2.23. The van der Waals surface area contributed by atoms with E-state index in [1.165, 1.54) is 12.0 Å². The van der Waals surface area contributed by atoms with Crippen LogP contribution in [0.1, 0.15) is 31.7 Å². The monoisotopic (exact) mass is 312 g/mol. The molecule has 1 rings (SSSR count). The number of carbonyl (C=O) groups is 1. The van der Waals surface area contributed by atoms with Crippen LogP contribution in [0, 0.1) is 6.92 Å². The third-order valence-corrected chi connectivity index (χ3v) is 3.29. The Morgan fingerprint density at radius 2 is 2.11 bits per heavy atom. The van der Waals surface area contributed by atoms with Gasteiger partial charge in [-0.25, -0.2) is 0 Å². The lowest BCUT2D eigenvalue weighted by atomic mass is 10.2. The van der Waals surface area contributed by atoms with Gasteiger partial charge in [0.2, 0.25) is 5.91 Å². The molecule has 1 aromatic carbocycles. The first-order valence-electron chi connectivity index (χ1n) is 6.40. The minimum Gasteiger partial charge on any atom is -0.325 e. The molecule has 0 heterocycles. The number of unbranched alkanes of at least 4 members (excludes halogenated alkanes) is 1. The second-order valence-corrected chi connectivity index (χ2v) is 5.24. The van der Waals surface area contributed by atoms with Crippen LogP contribution in [-0.2, 0) is 4.79 Å². The highest BCUT2D eigenvalue weighted by atomic mass is 79.9. The van der Waals surface area contributed by atoms with Gasteiger partial charge in [-0.05, 0) is 53.5 Å². The lowest BCUT2D eigenvalue weighted by Gasteiger charge is -2.08. The summed E-state index contributed by atoms with van der Waals surface area (Å²) >= 11 is 3.45. The van der Waals surface area contributed by atoms with Crippen LogP contribution in [0.25, 0.3) is 0 Å². The molecule has 4 heteroatoms. The molecule has 18 heavy (non-hydrogen) atoms. The Morgan fingerprint density at radius 1 is 1.33 bits per heavy atom. The lowest BCUT2D eigenvalue weighted by molar-refractivity contribution is -0.116. The van der Waals surface area contributed by atoms with Gasteiger partial charge in [-0.1, -0.05) is 19.4 Å². The maximum atomic E-state index is 11.7. The van der Waals surface area contributed by atoms with Gasteiger partial charge in [-0.2, -0.15) is 0 Å². The number of halogens is 1. The summed E-state index contributed by atoms with van der Waals surface area (Å²) in [6.07, 6.45) is 2.84. The zero-order valence-electron chi connectivity index (χ0n) is 11.1. The van der Waals surface area contributed by atoms with Crippen molar-refractivity contribution in [1.29, 1.82) is 0 Å². The number of rotatable bonds is 7. The van der Waals surface area contributed by atoms with Crippen LogP contribution in [0.4, 0.5) is 5.69 Å². The van der Waals surface area contributed by atoms with Crippen molar-refractivity contribution < 1.29 is 4.79 Å². The SMILES string of the molecule is CCCCNCCC(=O)Nc1ccc(C)cc1Br. The Labute approximate surface area is 117 Å². The number of benzene rings is 1. The molecule has 0 aliphatic carbocycles. The first-order valence-corrected chi connectivity index (χ1v) is 7.19. The van der Waals surface area contributed by atoms with E-state index >= 15 is 0 Å². The molecular weight excluding hydrogens is 292 g/mol. The van der Waals surface area contributed by atoms with Gasteiger partial charge in [-0.3, -0.25) is 4.79 Å². The summed E-state index contributed by atoms with van der Waals surface area (Å²) in [5, 5.41) is 6.16. The molecule has 1 aromatic rings. The summed E-state index contributed by atoms with van der Waals surface area (Å²) in [6.45, 7) is 5.89. The van der Waals surface area contributed by atoms with Gasteiger partial charge in [0.1, 0.15) is 0 Å². The van der Waals surface area contributed by atoms with Crippen molar-refractivity contribution in [2.75, 3.05) is 18.4 Å². The number of hydrogen-bond acceptors (Lipinski definition) is 2. The van der Waals surface area contributed by atoms with Crippen LogP contribution in [0.15, 0.2) is 22.7 Å². The zero-order chi connectivity index (χ0) is 13.4. The Bertz CT molecular complexity index is 393. The highest BCUT2D eigenvalue weighted by molar-refractivity contribution is 9.10. The van der Waals surface area contributed by atoms with E-state index in [0.29, 0.717) is 6.42 Å². The molecule has 0 saturated carbocycles. The fraction of sp³-hybridized carbons (Fsp3) is 0.500. The van der Waals surface area contributed by atoms with E-state index in [1.54, 1.807) is 0 Å². The van der Waals surface area contributed by atoms with Gasteiger partial charge in [0, 0.05) is 17.4 Å². The fourth-order valence-corrected chi connectivity index (χ4v) is 2.16. The number of hydrogen-bond donors (Lipinski definition) is 2. The van der Waals surface area contributed by atoms with Crippen LogP contribution >= 0.6 is 15.9 Å². The van der Waals surface area contributed by atoms with E-state index in [4.69, 9.17) is 0 Å². The Hall–Kier alpha value is -0.870.